The number of nitrogens with two attached hydrogens (primary N) is 1. The van der Waals surface area contributed by atoms with Gasteiger partial charge in [-0.05, 0) is 37.0 Å². The first-order valence-corrected chi connectivity index (χ1v) is 8.11. The number of carbonyl (C=O) groups excluding carboxylic acids is 1. The fourth-order valence-corrected chi connectivity index (χ4v) is 2.25. The molecule has 1 aliphatic carbocycles. The molecule has 1 amide bonds. The summed E-state index contributed by atoms with van der Waals surface area (Å²) in [5.74, 6) is -0.912. The summed E-state index contributed by atoms with van der Waals surface area (Å²) in [5.41, 5.74) is -0.232. The van der Waals surface area contributed by atoms with E-state index in [1.807, 2.05) is 0 Å². The molecule has 0 saturated heterocycles. The van der Waals surface area contributed by atoms with E-state index in [1.165, 1.54) is 12.8 Å². The van der Waals surface area contributed by atoms with Crippen molar-refractivity contribution in [3.63, 3.8) is 0 Å². The highest BCUT2D eigenvalue weighted by molar-refractivity contribution is 7.89. The van der Waals surface area contributed by atoms with Gasteiger partial charge in [-0.25, -0.2) is 17.9 Å². The largest absolute Gasteiger partial charge is 0.379 e. The summed E-state index contributed by atoms with van der Waals surface area (Å²) in [6, 6.07) is 2.92. The van der Waals surface area contributed by atoms with Crippen LogP contribution in [0.25, 0.3) is 0 Å². The van der Waals surface area contributed by atoms with E-state index in [0.29, 0.717) is 19.1 Å². The molecule has 3 N–H and O–H groups in total. The Kier molecular flexibility index (Phi) is 4.92. The molecule has 8 heteroatoms. The van der Waals surface area contributed by atoms with E-state index in [4.69, 9.17) is 9.88 Å². The van der Waals surface area contributed by atoms with Crippen LogP contribution in [0.5, 0.6) is 0 Å². The van der Waals surface area contributed by atoms with Crippen LogP contribution in [0.3, 0.4) is 0 Å². The summed E-state index contributed by atoms with van der Waals surface area (Å²) in [6.07, 6.45) is 2.38. The summed E-state index contributed by atoms with van der Waals surface area (Å²) >= 11 is 0. The molecule has 0 atom stereocenters. The molecule has 0 unspecified atom stereocenters. The molecule has 0 bridgehead atoms. The van der Waals surface area contributed by atoms with Crippen LogP contribution in [0.2, 0.25) is 0 Å². The molecule has 0 spiro atoms. The molecule has 0 heterocycles. The molecule has 1 aromatic rings. The first kappa shape index (κ1) is 15.9. The lowest BCUT2D eigenvalue weighted by molar-refractivity contribution is 0.0902. The number of rotatable bonds is 7. The molecule has 6 nitrogen and oxygen atoms in total. The molecule has 0 aromatic heterocycles. The van der Waals surface area contributed by atoms with Gasteiger partial charge in [0.25, 0.3) is 5.91 Å². The molecule has 1 aliphatic rings. The number of halogens is 1. The van der Waals surface area contributed by atoms with Gasteiger partial charge in [-0.15, -0.1) is 0 Å². The molecule has 0 radical (unpaired) electrons. The van der Waals surface area contributed by atoms with E-state index in [9.17, 15) is 17.6 Å². The van der Waals surface area contributed by atoms with Crippen LogP contribution in [0.1, 0.15) is 23.2 Å². The highest BCUT2D eigenvalue weighted by Crippen LogP contribution is 2.28. The van der Waals surface area contributed by atoms with Gasteiger partial charge in [-0.2, -0.15) is 0 Å². The molecule has 0 aliphatic heterocycles. The molecular formula is C13H17FN2O4S. The van der Waals surface area contributed by atoms with E-state index in [0.717, 1.165) is 18.2 Å². The number of ether oxygens (including phenoxy) is 1. The third-order valence-corrected chi connectivity index (χ3v) is 4.01. The van der Waals surface area contributed by atoms with Crippen molar-refractivity contribution in [1.82, 2.24) is 5.32 Å². The number of amides is 1. The molecule has 116 valence electrons. The van der Waals surface area contributed by atoms with Crippen molar-refractivity contribution in [3.05, 3.63) is 29.6 Å². The average Bonchev–Trinajstić information content (AvgIpc) is 3.21. The van der Waals surface area contributed by atoms with Crippen LogP contribution < -0.4 is 10.5 Å². The molecular weight excluding hydrogens is 299 g/mol. The van der Waals surface area contributed by atoms with Gasteiger partial charge < -0.3 is 10.1 Å². The number of carbonyl (C=O) groups is 1. The SMILES string of the molecule is NS(=O)(=O)c1ccc(C(=O)NCCOCC2CC2)c(F)c1. The van der Waals surface area contributed by atoms with Crippen molar-refractivity contribution in [2.45, 2.75) is 17.7 Å². The fourth-order valence-electron chi connectivity index (χ4n) is 1.72. The highest BCUT2D eigenvalue weighted by Gasteiger charge is 2.21. The van der Waals surface area contributed by atoms with Crippen LogP contribution in [-0.4, -0.2) is 34.1 Å². The third kappa shape index (κ3) is 4.76. The zero-order valence-corrected chi connectivity index (χ0v) is 12.2. The highest BCUT2D eigenvalue weighted by atomic mass is 32.2. The van der Waals surface area contributed by atoms with Crippen LogP contribution in [0.4, 0.5) is 4.39 Å². The van der Waals surface area contributed by atoms with E-state index < -0.39 is 21.7 Å². The second kappa shape index (κ2) is 6.50. The number of sulfonamides is 1. The maximum absolute atomic E-state index is 13.7. The molecule has 21 heavy (non-hydrogen) atoms. The second-order valence-electron chi connectivity index (χ2n) is 4.96. The summed E-state index contributed by atoms with van der Waals surface area (Å²) in [6.45, 7) is 1.31. The Morgan fingerprint density at radius 3 is 2.71 bits per heavy atom. The zero-order valence-electron chi connectivity index (χ0n) is 11.3. The van der Waals surface area contributed by atoms with Gasteiger partial charge in [0.1, 0.15) is 5.82 Å². The Bertz CT molecular complexity index is 629. The zero-order chi connectivity index (χ0) is 15.5. The van der Waals surface area contributed by atoms with Crippen molar-refractivity contribution in [2.24, 2.45) is 11.1 Å². The number of nitrogens with one attached hydrogen (secondary N) is 1. The minimum absolute atomic E-state index is 0.232. The normalized spacial score (nSPS) is 15.0. The standard InChI is InChI=1S/C13H17FN2O4S/c14-12-7-10(21(15,18)19)3-4-11(12)13(17)16-5-6-20-8-9-1-2-9/h3-4,7,9H,1-2,5-6,8H2,(H,16,17)(H2,15,18,19). The van der Waals surface area contributed by atoms with Crippen molar-refractivity contribution in [1.29, 1.82) is 0 Å². The Labute approximate surface area is 122 Å². The Hall–Kier alpha value is -1.51. The lowest BCUT2D eigenvalue weighted by Crippen LogP contribution is -2.28. The lowest BCUT2D eigenvalue weighted by atomic mass is 10.2. The lowest BCUT2D eigenvalue weighted by Gasteiger charge is -2.07. The average molecular weight is 316 g/mol. The summed E-state index contributed by atoms with van der Waals surface area (Å²) in [4.78, 5) is 11.4. The minimum atomic E-state index is -3.99. The Morgan fingerprint density at radius 2 is 2.14 bits per heavy atom. The van der Waals surface area contributed by atoms with Crippen molar-refractivity contribution < 1.29 is 22.3 Å². The number of benzene rings is 1. The molecule has 1 fully saturated rings. The second-order valence-corrected chi connectivity index (χ2v) is 6.52. The number of primary sulfonamides is 1. The Morgan fingerprint density at radius 1 is 1.43 bits per heavy atom. The Balaban J connectivity index is 1.86. The molecule has 2 rings (SSSR count). The maximum Gasteiger partial charge on any atom is 0.254 e. The summed E-state index contributed by atoms with van der Waals surface area (Å²) in [5, 5.41) is 7.39. The minimum Gasteiger partial charge on any atom is -0.379 e. The van der Waals surface area contributed by atoms with E-state index in [1.54, 1.807) is 0 Å². The van der Waals surface area contributed by atoms with Crippen LogP contribution in [-0.2, 0) is 14.8 Å². The van der Waals surface area contributed by atoms with E-state index >= 15 is 0 Å². The quantitative estimate of drug-likeness (QED) is 0.721. The molecule has 1 aromatic carbocycles. The van der Waals surface area contributed by atoms with Gasteiger partial charge in [-0.3, -0.25) is 4.79 Å². The van der Waals surface area contributed by atoms with Gasteiger partial charge in [0, 0.05) is 13.2 Å². The van der Waals surface area contributed by atoms with Gasteiger partial charge in [-0.1, -0.05) is 0 Å². The smallest absolute Gasteiger partial charge is 0.254 e. The van der Waals surface area contributed by atoms with E-state index in [-0.39, 0.29) is 17.0 Å². The topological polar surface area (TPSA) is 98.5 Å². The van der Waals surface area contributed by atoms with Gasteiger partial charge >= 0.3 is 0 Å². The van der Waals surface area contributed by atoms with Crippen LogP contribution >= 0.6 is 0 Å². The first-order valence-electron chi connectivity index (χ1n) is 6.56. The predicted molar refractivity (Wildman–Crippen MR) is 73.6 cm³/mol. The number of hydrogen-bond donors (Lipinski definition) is 2. The van der Waals surface area contributed by atoms with Crippen molar-refractivity contribution in [2.75, 3.05) is 19.8 Å². The monoisotopic (exact) mass is 316 g/mol. The van der Waals surface area contributed by atoms with Crippen molar-refractivity contribution >= 4 is 15.9 Å². The first-order chi connectivity index (χ1) is 9.88. The maximum atomic E-state index is 13.7. The summed E-state index contributed by atoms with van der Waals surface area (Å²) < 4.78 is 41.2. The number of hydrogen-bond acceptors (Lipinski definition) is 4. The molecule has 1 saturated carbocycles. The summed E-state index contributed by atoms with van der Waals surface area (Å²) in [7, 11) is -3.99. The predicted octanol–water partition coefficient (Wildman–Crippen LogP) is 0.629. The third-order valence-electron chi connectivity index (χ3n) is 3.10. The van der Waals surface area contributed by atoms with Crippen LogP contribution in [0.15, 0.2) is 23.1 Å². The van der Waals surface area contributed by atoms with Crippen molar-refractivity contribution in [3.8, 4) is 0 Å². The van der Waals surface area contributed by atoms with Gasteiger partial charge in [0.05, 0.1) is 17.1 Å². The van der Waals surface area contributed by atoms with E-state index in [2.05, 4.69) is 5.32 Å². The van der Waals surface area contributed by atoms with Gasteiger partial charge in [0.15, 0.2) is 0 Å². The van der Waals surface area contributed by atoms with Crippen LogP contribution in [0, 0.1) is 11.7 Å². The fraction of sp³-hybridized carbons (Fsp3) is 0.462. The van der Waals surface area contributed by atoms with Gasteiger partial charge in [0.2, 0.25) is 10.0 Å².